The van der Waals surface area contributed by atoms with E-state index in [0.717, 1.165) is 25.2 Å². The Bertz CT molecular complexity index is 187. The first-order valence-electron chi connectivity index (χ1n) is 4.62. The van der Waals surface area contributed by atoms with Gasteiger partial charge < -0.3 is 10.7 Å². The third-order valence-electron chi connectivity index (χ3n) is 1.92. The summed E-state index contributed by atoms with van der Waals surface area (Å²) in [5.41, 5.74) is 5.39. The van der Waals surface area contributed by atoms with Crippen molar-refractivity contribution >= 4 is 12.4 Å². The molecule has 0 fully saturated rings. The molecule has 1 aromatic heterocycles. The van der Waals surface area contributed by atoms with Crippen LogP contribution in [0.25, 0.3) is 0 Å². The molecular formula is C9H18ClN3. The van der Waals surface area contributed by atoms with Crippen molar-refractivity contribution in [3.8, 4) is 0 Å². The molecule has 1 aromatic rings. The van der Waals surface area contributed by atoms with Crippen molar-refractivity contribution in [2.75, 3.05) is 6.54 Å². The number of aryl methyl sites for hydroxylation is 1. The highest BCUT2D eigenvalue weighted by molar-refractivity contribution is 5.85. The van der Waals surface area contributed by atoms with Gasteiger partial charge in [-0.15, -0.1) is 12.4 Å². The topological polar surface area (TPSA) is 54.7 Å². The summed E-state index contributed by atoms with van der Waals surface area (Å²) in [6, 6.07) is 0. The number of nitrogens with two attached hydrogens (primary N) is 1. The smallest absolute Gasteiger partial charge is 0.105 e. The summed E-state index contributed by atoms with van der Waals surface area (Å²) in [6.07, 6.45) is 9.61. The minimum Gasteiger partial charge on any atom is -0.349 e. The number of unbranched alkanes of at least 4 members (excludes halogenated alkanes) is 3. The van der Waals surface area contributed by atoms with Crippen LogP contribution in [0.5, 0.6) is 0 Å². The van der Waals surface area contributed by atoms with Gasteiger partial charge in [0, 0.05) is 18.8 Å². The first-order valence-corrected chi connectivity index (χ1v) is 4.62. The number of aromatic nitrogens is 2. The van der Waals surface area contributed by atoms with Crippen molar-refractivity contribution in [1.82, 2.24) is 9.97 Å². The molecule has 0 aliphatic heterocycles. The second kappa shape index (κ2) is 8.08. The molecule has 0 amide bonds. The van der Waals surface area contributed by atoms with E-state index in [0.29, 0.717) is 0 Å². The SMILES string of the molecule is Cl.NCCCCCCc1ncc[nH]1. The molecule has 3 nitrogen and oxygen atoms in total. The molecule has 0 spiro atoms. The highest BCUT2D eigenvalue weighted by Gasteiger charge is 1.93. The maximum absolute atomic E-state index is 5.39. The third kappa shape index (κ3) is 5.66. The molecule has 3 N–H and O–H groups in total. The monoisotopic (exact) mass is 203 g/mol. The van der Waals surface area contributed by atoms with E-state index in [-0.39, 0.29) is 12.4 Å². The fourth-order valence-corrected chi connectivity index (χ4v) is 1.23. The first kappa shape index (κ1) is 12.5. The molecular weight excluding hydrogens is 186 g/mol. The summed E-state index contributed by atoms with van der Waals surface area (Å²) < 4.78 is 0. The van der Waals surface area contributed by atoms with Crippen molar-refractivity contribution in [3.63, 3.8) is 0 Å². The molecule has 0 saturated heterocycles. The lowest BCUT2D eigenvalue weighted by Gasteiger charge is -1.97. The molecule has 0 aromatic carbocycles. The lowest BCUT2D eigenvalue weighted by atomic mass is 10.1. The van der Waals surface area contributed by atoms with Crippen LogP contribution < -0.4 is 5.73 Å². The van der Waals surface area contributed by atoms with Gasteiger partial charge in [0.05, 0.1) is 0 Å². The number of nitrogens with one attached hydrogen (secondary N) is 1. The Labute approximate surface area is 85.5 Å². The van der Waals surface area contributed by atoms with Crippen LogP contribution in [0, 0.1) is 0 Å². The Morgan fingerprint density at radius 3 is 2.62 bits per heavy atom. The molecule has 1 heterocycles. The summed E-state index contributed by atoms with van der Waals surface area (Å²) in [6.45, 7) is 0.820. The third-order valence-corrected chi connectivity index (χ3v) is 1.92. The number of hydrogen-bond acceptors (Lipinski definition) is 2. The standard InChI is InChI=1S/C9H17N3.ClH/c10-6-4-2-1-3-5-9-11-7-8-12-9;/h7-8H,1-6,10H2,(H,11,12);1H. The Morgan fingerprint density at radius 1 is 1.23 bits per heavy atom. The van der Waals surface area contributed by atoms with Gasteiger partial charge in [0.1, 0.15) is 5.82 Å². The Kier molecular flexibility index (Phi) is 7.74. The molecule has 76 valence electrons. The average Bonchev–Trinajstić information content (AvgIpc) is 2.57. The minimum atomic E-state index is 0. The van der Waals surface area contributed by atoms with Gasteiger partial charge >= 0.3 is 0 Å². The van der Waals surface area contributed by atoms with Gasteiger partial charge in [-0.3, -0.25) is 0 Å². The largest absolute Gasteiger partial charge is 0.349 e. The fourth-order valence-electron chi connectivity index (χ4n) is 1.23. The van der Waals surface area contributed by atoms with Gasteiger partial charge in [0.2, 0.25) is 0 Å². The molecule has 0 atom stereocenters. The molecule has 0 radical (unpaired) electrons. The van der Waals surface area contributed by atoms with Gasteiger partial charge in [-0.1, -0.05) is 12.8 Å². The van der Waals surface area contributed by atoms with E-state index < -0.39 is 0 Å². The zero-order chi connectivity index (χ0) is 8.65. The summed E-state index contributed by atoms with van der Waals surface area (Å²) in [4.78, 5) is 7.25. The predicted molar refractivity (Wildman–Crippen MR) is 57.1 cm³/mol. The van der Waals surface area contributed by atoms with Crippen molar-refractivity contribution in [1.29, 1.82) is 0 Å². The maximum atomic E-state index is 5.39. The van der Waals surface area contributed by atoms with E-state index in [9.17, 15) is 0 Å². The van der Waals surface area contributed by atoms with Gasteiger partial charge in [-0.25, -0.2) is 4.98 Å². The molecule has 0 saturated carbocycles. The molecule has 4 heteroatoms. The van der Waals surface area contributed by atoms with Crippen LogP contribution in [-0.4, -0.2) is 16.5 Å². The summed E-state index contributed by atoms with van der Waals surface area (Å²) in [5, 5.41) is 0. The van der Waals surface area contributed by atoms with E-state index in [1.165, 1.54) is 19.3 Å². The summed E-state index contributed by atoms with van der Waals surface area (Å²) >= 11 is 0. The van der Waals surface area contributed by atoms with Crippen LogP contribution >= 0.6 is 12.4 Å². The number of nitrogens with zero attached hydrogens (tertiary/aromatic N) is 1. The molecule has 0 aliphatic rings. The van der Waals surface area contributed by atoms with Crippen LogP contribution in [-0.2, 0) is 6.42 Å². The van der Waals surface area contributed by atoms with Crippen molar-refractivity contribution < 1.29 is 0 Å². The number of halogens is 1. The molecule has 0 unspecified atom stereocenters. The van der Waals surface area contributed by atoms with Gasteiger partial charge in [-0.05, 0) is 19.4 Å². The number of hydrogen-bond donors (Lipinski definition) is 2. The van der Waals surface area contributed by atoms with Crippen LogP contribution in [0.4, 0.5) is 0 Å². The molecule has 1 rings (SSSR count). The maximum Gasteiger partial charge on any atom is 0.105 e. The Hall–Kier alpha value is -0.540. The van der Waals surface area contributed by atoms with Crippen LogP contribution in [0.15, 0.2) is 12.4 Å². The number of H-pyrrole nitrogens is 1. The number of imidazole rings is 1. The van der Waals surface area contributed by atoms with Crippen LogP contribution in [0.2, 0.25) is 0 Å². The van der Waals surface area contributed by atoms with E-state index >= 15 is 0 Å². The Balaban J connectivity index is 0.00000144. The quantitative estimate of drug-likeness (QED) is 0.694. The lowest BCUT2D eigenvalue weighted by Crippen LogP contribution is -1.98. The molecule has 13 heavy (non-hydrogen) atoms. The highest BCUT2D eigenvalue weighted by Crippen LogP contribution is 2.02. The first-order chi connectivity index (χ1) is 5.93. The summed E-state index contributed by atoms with van der Waals surface area (Å²) in [5.74, 6) is 1.10. The molecule has 0 bridgehead atoms. The number of rotatable bonds is 6. The minimum absolute atomic E-state index is 0. The lowest BCUT2D eigenvalue weighted by molar-refractivity contribution is 0.637. The second-order valence-electron chi connectivity index (χ2n) is 2.99. The van der Waals surface area contributed by atoms with Crippen LogP contribution in [0.1, 0.15) is 31.5 Å². The highest BCUT2D eigenvalue weighted by atomic mass is 35.5. The zero-order valence-electron chi connectivity index (χ0n) is 7.83. The van der Waals surface area contributed by atoms with Crippen molar-refractivity contribution in [2.24, 2.45) is 5.73 Å². The van der Waals surface area contributed by atoms with Crippen molar-refractivity contribution in [2.45, 2.75) is 32.1 Å². The van der Waals surface area contributed by atoms with Crippen LogP contribution in [0.3, 0.4) is 0 Å². The fraction of sp³-hybridized carbons (Fsp3) is 0.667. The van der Waals surface area contributed by atoms with Gasteiger partial charge in [-0.2, -0.15) is 0 Å². The van der Waals surface area contributed by atoms with Crippen molar-refractivity contribution in [3.05, 3.63) is 18.2 Å². The molecule has 0 aliphatic carbocycles. The average molecular weight is 204 g/mol. The van der Waals surface area contributed by atoms with E-state index in [1.54, 1.807) is 6.20 Å². The van der Waals surface area contributed by atoms with Gasteiger partial charge in [0.25, 0.3) is 0 Å². The zero-order valence-corrected chi connectivity index (χ0v) is 8.65. The normalized spacial score (nSPS) is 9.62. The van der Waals surface area contributed by atoms with E-state index in [2.05, 4.69) is 9.97 Å². The second-order valence-corrected chi connectivity index (χ2v) is 2.99. The number of aromatic amines is 1. The Morgan fingerprint density at radius 2 is 2.00 bits per heavy atom. The van der Waals surface area contributed by atoms with E-state index in [1.807, 2.05) is 6.20 Å². The van der Waals surface area contributed by atoms with E-state index in [4.69, 9.17) is 5.73 Å². The van der Waals surface area contributed by atoms with Gasteiger partial charge in [0.15, 0.2) is 0 Å². The predicted octanol–water partition coefficient (Wildman–Crippen LogP) is 1.89. The summed E-state index contributed by atoms with van der Waals surface area (Å²) in [7, 11) is 0.